The van der Waals surface area contributed by atoms with Gasteiger partial charge in [-0.3, -0.25) is 0 Å². The van der Waals surface area contributed by atoms with Gasteiger partial charge in [0.05, 0.1) is 10.6 Å². The number of carbonyl (C=O) groups is 1. The van der Waals surface area contributed by atoms with Crippen LogP contribution in [-0.2, 0) is 13.0 Å². The quantitative estimate of drug-likeness (QED) is 0.939. The van der Waals surface area contributed by atoms with Crippen LogP contribution in [0.3, 0.4) is 0 Å². The van der Waals surface area contributed by atoms with Gasteiger partial charge < -0.3 is 10.0 Å². The number of benzene rings is 2. The summed E-state index contributed by atoms with van der Waals surface area (Å²) in [5, 5.41) is 9.13. The Balaban J connectivity index is 1.84. The van der Waals surface area contributed by atoms with Gasteiger partial charge in [-0.15, -0.1) is 0 Å². The van der Waals surface area contributed by atoms with Crippen molar-refractivity contribution >= 4 is 23.3 Å². The molecule has 0 aromatic heterocycles. The molecule has 5 heteroatoms. The number of aromatic carboxylic acids is 1. The van der Waals surface area contributed by atoms with Gasteiger partial charge in [-0.05, 0) is 47.9 Å². The summed E-state index contributed by atoms with van der Waals surface area (Å²) in [7, 11) is 0. The molecule has 0 atom stereocenters. The number of rotatable bonds is 3. The van der Waals surface area contributed by atoms with Crippen molar-refractivity contribution in [1.82, 2.24) is 0 Å². The minimum absolute atomic E-state index is 0.119. The number of fused-ring (bicyclic) bond motifs is 1. The number of hydrogen-bond acceptors (Lipinski definition) is 2. The molecule has 0 aliphatic carbocycles. The molecule has 21 heavy (non-hydrogen) atoms. The summed E-state index contributed by atoms with van der Waals surface area (Å²) in [6, 6.07) is 9.86. The molecular weight excluding hydrogens is 293 g/mol. The zero-order chi connectivity index (χ0) is 15.0. The van der Waals surface area contributed by atoms with Gasteiger partial charge in [0.1, 0.15) is 5.82 Å². The molecule has 1 aliphatic heterocycles. The Morgan fingerprint density at radius 3 is 2.81 bits per heavy atom. The first-order valence-corrected chi connectivity index (χ1v) is 6.97. The number of carboxylic acids is 1. The van der Waals surface area contributed by atoms with E-state index in [9.17, 15) is 9.18 Å². The predicted octanol–water partition coefficient (Wildman–Crippen LogP) is 3.74. The van der Waals surface area contributed by atoms with E-state index in [0.717, 1.165) is 29.8 Å². The third-order valence-corrected chi connectivity index (χ3v) is 3.97. The Morgan fingerprint density at radius 2 is 2.10 bits per heavy atom. The van der Waals surface area contributed by atoms with Gasteiger partial charge in [-0.2, -0.15) is 0 Å². The van der Waals surface area contributed by atoms with E-state index in [1.807, 2.05) is 6.07 Å². The van der Waals surface area contributed by atoms with E-state index in [4.69, 9.17) is 16.7 Å². The molecule has 0 saturated heterocycles. The lowest BCUT2D eigenvalue weighted by atomic mass is 10.1. The van der Waals surface area contributed by atoms with E-state index in [-0.39, 0.29) is 5.02 Å². The molecule has 108 valence electrons. The monoisotopic (exact) mass is 305 g/mol. The summed E-state index contributed by atoms with van der Waals surface area (Å²) < 4.78 is 13.2. The lowest BCUT2D eigenvalue weighted by Gasteiger charge is -2.19. The van der Waals surface area contributed by atoms with Gasteiger partial charge in [0, 0.05) is 18.8 Å². The van der Waals surface area contributed by atoms with Crippen molar-refractivity contribution in [3.8, 4) is 0 Å². The van der Waals surface area contributed by atoms with Crippen molar-refractivity contribution in [2.45, 2.75) is 13.0 Å². The molecule has 3 rings (SSSR count). The fraction of sp³-hybridized carbons (Fsp3) is 0.188. The highest BCUT2D eigenvalue weighted by atomic mass is 35.5. The van der Waals surface area contributed by atoms with Crippen molar-refractivity contribution in [2.75, 3.05) is 11.4 Å². The highest BCUT2D eigenvalue weighted by Crippen LogP contribution is 2.30. The molecule has 0 saturated carbocycles. The molecule has 1 aliphatic rings. The van der Waals surface area contributed by atoms with Gasteiger partial charge in [0.25, 0.3) is 0 Å². The molecule has 0 unspecified atom stereocenters. The maximum absolute atomic E-state index is 13.2. The zero-order valence-electron chi connectivity index (χ0n) is 11.1. The second-order valence-electron chi connectivity index (χ2n) is 5.07. The standard InChI is InChI=1S/C16H13ClFNO2/c17-13-7-10(1-3-14(13)18)9-19-6-5-11-8-12(16(20)21)2-4-15(11)19/h1-4,7-8H,5-6,9H2,(H,20,21). The minimum atomic E-state index is -0.915. The van der Waals surface area contributed by atoms with Gasteiger partial charge in [0.15, 0.2) is 0 Å². The number of hydrogen-bond donors (Lipinski definition) is 1. The topological polar surface area (TPSA) is 40.5 Å². The molecule has 0 radical (unpaired) electrons. The van der Waals surface area contributed by atoms with Crippen molar-refractivity contribution in [3.05, 3.63) is 63.9 Å². The summed E-state index contributed by atoms with van der Waals surface area (Å²) in [5.74, 6) is -1.34. The van der Waals surface area contributed by atoms with Gasteiger partial charge in [0.2, 0.25) is 0 Å². The smallest absolute Gasteiger partial charge is 0.335 e. The molecule has 1 heterocycles. The lowest BCUT2D eigenvalue weighted by molar-refractivity contribution is 0.0697. The van der Waals surface area contributed by atoms with Crippen LogP contribution in [0.15, 0.2) is 36.4 Å². The average Bonchev–Trinajstić information content (AvgIpc) is 2.85. The van der Waals surface area contributed by atoms with E-state index >= 15 is 0 Å². The fourth-order valence-electron chi connectivity index (χ4n) is 2.63. The van der Waals surface area contributed by atoms with E-state index in [1.54, 1.807) is 24.3 Å². The number of halogens is 2. The van der Waals surface area contributed by atoms with Crippen LogP contribution in [0.25, 0.3) is 0 Å². The van der Waals surface area contributed by atoms with Crippen LogP contribution >= 0.6 is 11.6 Å². The summed E-state index contributed by atoms with van der Waals surface area (Å²) in [4.78, 5) is 13.1. The van der Waals surface area contributed by atoms with E-state index in [2.05, 4.69) is 4.90 Å². The van der Waals surface area contributed by atoms with Crippen molar-refractivity contribution < 1.29 is 14.3 Å². The van der Waals surface area contributed by atoms with Crippen LogP contribution in [-0.4, -0.2) is 17.6 Å². The molecule has 0 amide bonds. The first kappa shape index (κ1) is 13.9. The van der Waals surface area contributed by atoms with Crippen LogP contribution in [0, 0.1) is 5.82 Å². The lowest BCUT2D eigenvalue weighted by Crippen LogP contribution is -2.19. The summed E-state index contributed by atoms with van der Waals surface area (Å²) in [6.07, 6.45) is 0.811. The molecule has 3 nitrogen and oxygen atoms in total. The van der Waals surface area contributed by atoms with Crippen LogP contribution in [0.4, 0.5) is 10.1 Å². The van der Waals surface area contributed by atoms with Crippen LogP contribution < -0.4 is 4.90 Å². The Morgan fingerprint density at radius 1 is 1.29 bits per heavy atom. The number of carboxylic acid groups (broad SMARTS) is 1. The third-order valence-electron chi connectivity index (χ3n) is 3.68. The average molecular weight is 306 g/mol. The molecule has 0 bridgehead atoms. The molecule has 2 aromatic carbocycles. The van der Waals surface area contributed by atoms with Crippen molar-refractivity contribution in [1.29, 1.82) is 0 Å². The summed E-state index contributed by atoms with van der Waals surface area (Å²) in [6.45, 7) is 1.44. The molecule has 2 aromatic rings. The maximum atomic E-state index is 13.2. The van der Waals surface area contributed by atoms with Crippen LogP contribution in [0.5, 0.6) is 0 Å². The molecule has 1 N–H and O–H groups in total. The SMILES string of the molecule is O=C(O)c1ccc2c(c1)CCN2Cc1ccc(F)c(Cl)c1. The summed E-state index contributed by atoms with van der Waals surface area (Å²) in [5.41, 5.74) is 3.29. The Bertz CT molecular complexity index is 717. The van der Waals surface area contributed by atoms with E-state index in [1.165, 1.54) is 6.07 Å². The fourth-order valence-corrected chi connectivity index (χ4v) is 2.83. The van der Waals surface area contributed by atoms with Crippen molar-refractivity contribution in [3.63, 3.8) is 0 Å². The first-order valence-electron chi connectivity index (χ1n) is 6.59. The van der Waals surface area contributed by atoms with Crippen LogP contribution in [0.1, 0.15) is 21.5 Å². The predicted molar refractivity (Wildman–Crippen MR) is 79.6 cm³/mol. The first-order chi connectivity index (χ1) is 10.0. The highest BCUT2D eigenvalue weighted by Gasteiger charge is 2.20. The zero-order valence-corrected chi connectivity index (χ0v) is 11.9. The van der Waals surface area contributed by atoms with Gasteiger partial charge >= 0.3 is 5.97 Å². The van der Waals surface area contributed by atoms with Crippen molar-refractivity contribution in [2.24, 2.45) is 0 Å². The van der Waals surface area contributed by atoms with E-state index < -0.39 is 11.8 Å². The highest BCUT2D eigenvalue weighted by molar-refractivity contribution is 6.30. The van der Waals surface area contributed by atoms with Gasteiger partial charge in [-0.1, -0.05) is 17.7 Å². The molecule has 0 fully saturated rings. The van der Waals surface area contributed by atoms with E-state index in [0.29, 0.717) is 12.1 Å². The molecule has 0 spiro atoms. The Kier molecular flexibility index (Phi) is 3.55. The van der Waals surface area contributed by atoms with Gasteiger partial charge in [-0.25, -0.2) is 9.18 Å². The maximum Gasteiger partial charge on any atom is 0.335 e. The van der Waals surface area contributed by atoms with Crippen LogP contribution in [0.2, 0.25) is 5.02 Å². The molecular formula is C16H13ClFNO2. The normalized spacial score (nSPS) is 13.3. The number of anilines is 1. The second-order valence-corrected chi connectivity index (χ2v) is 5.48. The minimum Gasteiger partial charge on any atom is -0.478 e. The summed E-state index contributed by atoms with van der Waals surface area (Å²) >= 11 is 5.80. The Hall–Kier alpha value is -2.07. The Labute approximate surface area is 126 Å². The second kappa shape index (κ2) is 5.37. The third kappa shape index (κ3) is 2.72. The largest absolute Gasteiger partial charge is 0.478 e. The number of nitrogens with zero attached hydrogens (tertiary/aromatic N) is 1.